The van der Waals surface area contributed by atoms with Crippen LogP contribution in [0, 0.1) is 0 Å². The van der Waals surface area contributed by atoms with Gasteiger partial charge in [-0.3, -0.25) is 14.4 Å². The van der Waals surface area contributed by atoms with Crippen molar-refractivity contribution in [2.45, 2.75) is 82.0 Å². The second-order valence-corrected chi connectivity index (χ2v) is 9.52. The third kappa shape index (κ3) is 9.75. The number of unbranched alkanes of at least 4 members (excludes halogenated alkanes) is 2. The number of nitrogens with zero attached hydrogens (tertiary/aromatic N) is 1. The summed E-state index contributed by atoms with van der Waals surface area (Å²) in [7, 11) is 0. The Bertz CT molecular complexity index is 883. The lowest BCUT2D eigenvalue weighted by Gasteiger charge is -2.29. The molecule has 0 spiro atoms. The molecule has 9 N–H and O–H groups in total. The topological polar surface area (TPSA) is 194 Å². The number of carbonyl (C=O) groups is 4. The van der Waals surface area contributed by atoms with Gasteiger partial charge in [0.1, 0.15) is 18.1 Å². The Balaban J connectivity index is 2.19. The molecule has 2 rings (SSSR count). The predicted molar refractivity (Wildman–Crippen MR) is 140 cm³/mol. The van der Waals surface area contributed by atoms with Gasteiger partial charge >= 0.3 is 5.97 Å². The molecule has 0 aliphatic carbocycles. The number of carbonyl (C=O) groups excluding carboxylic acids is 3. The molecule has 1 aromatic carbocycles. The summed E-state index contributed by atoms with van der Waals surface area (Å²) < 4.78 is 0. The number of hydrogen-bond donors (Lipinski definition) is 6. The number of likely N-dealkylation sites (tertiary alicyclic amines) is 1. The molecule has 1 heterocycles. The van der Waals surface area contributed by atoms with E-state index in [0.29, 0.717) is 64.6 Å². The molecule has 11 nitrogen and oxygen atoms in total. The molecule has 1 fully saturated rings. The zero-order chi connectivity index (χ0) is 27.2. The second kappa shape index (κ2) is 16.0. The molecular formula is C26H42N6O5. The van der Waals surface area contributed by atoms with Gasteiger partial charge < -0.3 is 37.8 Å². The molecule has 11 heteroatoms. The average Bonchev–Trinajstić information content (AvgIpc) is 3.38. The molecule has 0 saturated carbocycles. The minimum atomic E-state index is -1.06. The lowest BCUT2D eigenvalue weighted by molar-refractivity contribution is -0.149. The summed E-state index contributed by atoms with van der Waals surface area (Å²) in [5, 5.41) is 15.1. The van der Waals surface area contributed by atoms with Crippen LogP contribution in [-0.4, -0.2) is 77.5 Å². The van der Waals surface area contributed by atoms with E-state index in [1.54, 1.807) is 0 Å². The van der Waals surface area contributed by atoms with Crippen LogP contribution >= 0.6 is 0 Å². The zero-order valence-corrected chi connectivity index (χ0v) is 21.4. The molecule has 0 aromatic heterocycles. The maximum atomic E-state index is 13.5. The molecule has 4 unspecified atom stereocenters. The first-order valence-corrected chi connectivity index (χ1v) is 13.1. The van der Waals surface area contributed by atoms with Crippen molar-refractivity contribution in [1.29, 1.82) is 0 Å². The summed E-state index contributed by atoms with van der Waals surface area (Å²) in [5.74, 6) is -2.47. The van der Waals surface area contributed by atoms with Crippen LogP contribution < -0.4 is 27.8 Å². The van der Waals surface area contributed by atoms with Crippen LogP contribution in [0.4, 0.5) is 0 Å². The molecule has 1 aromatic rings. The van der Waals surface area contributed by atoms with Crippen LogP contribution in [-0.2, 0) is 25.6 Å². The molecule has 1 aliphatic heterocycles. The Morgan fingerprint density at radius 1 is 0.919 bits per heavy atom. The number of benzene rings is 1. The van der Waals surface area contributed by atoms with E-state index in [-0.39, 0.29) is 6.42 Å². The van der Waals surface area contributed by atoms with Crippen LogP contribution in [0.2, 0.25) is 0 Å². The standard InChI is InChI=1S/C26H42N6O5/c27-14-6-4-11-19(29)23(33)30-20(12-5-7-15-28)24(34)31-21(17-18-9-2-1-3-10-18)25(35)32-16-8-13-22(32)26(36)37/h1-3,9-10,19-22H,4-8,11-17,27-29H2,(H,30,33)(H,31,34)(H,36,37). The van der Waals surface area contributed by atoms with E-state index >= 15 is 0 Å². The third-order valence-electron chi connectivity index (χ3n) is 6.60. The van der Waals surface area contributed by atoms with Crippen molar-refractivity contribution < 1.29 is 24.3 Å². The maximum absolute atomic E-state index is 13.5. The Hall–Kier alpha value is -3.02. The predicted octanol–water partition coefficient (Wildman–Crippen LogP) is -0.140. The van der Waals surface area contributed by atoms with Crippen molar-refractivity contribution in [3.63, 3.8) is 0 Å². The van der Waals surface area contributed by atoms with Gasteiger partial charge in [0.25, 0.3) is 0 Å². The fraction of sp³-hybridized carbons (Fsp3) is 0.615. The van der Waals surface area contributed by atoms with E-state index in [9.17, 15) is 24.3 Å². The van der Waals surface area contributed by atoms with Crippen LogP contribution in [0.25, 0.3) is 0 Å². The van der Waals surface area contributed by atoms with Gasteiger partial charge in [0, 0.05) is 13.0 Å². The number of aliphatic carboxylic acids is 1. The first-order valence-electron chi connectivity index (χ1n) is 13.1. The molecule has 37 heavy (non-hydrogen) atoms. The maximum Gasteiger partial charge on any atom is 0.326 e. The Morgan fingerprint density at radius 2 is 1.54 bits per heavy atom. The molecule has 206 valence electrons. The number of rotatable bonds is 16. The molecule has 1 aliphatic rings. The lowest BCUT2D eigenvalue weighted by Crippen LogP contribution is -2.57. The van der Waals surface area contributed by atoms with E-state index in [2.05, 4.69) is 10.6 Å². The van der Waals surface area contributed by atoms with Crippen molar-refractivity contribution in [2.75, 3.05) is 19.6 Å². The van der Waals surface area contributed by atoms with E-state index in [1.807, 2.05) is 30.3 Å². The van der Waals surface area contributed by atoms with Crippen LogP contribution in [0.1, 0.15) is 56.9 Å². The number of hydrogen-bond acceptors (Lipinski definition) is 7. The summed E-state index contributed by atoms with van der Waals surface area (Å²) in [6.07, 6.45) is 4.63. The van der Waals surface area contributed by atoms with Crippen molar-refractivity contribution in [1.82, 2.24) is 15.5 Å². The summed E-state index contributed by atoms with van der Waals surface area (Å²) in [6.45, 7) is 1.27. The lowest BCUT2D eigenvalue weighted by atomic mass is 10.0. The highest BCUT2D eigenvalue weighted by molar-refractivity contribution is 5.94. The third-order valence-corrected chi connectivity index (χ3v) is 6.60. The zero-order valence-electron chi connectivity index (χ0n) is 21.4. The highest BCUT2D eigenvalue weighted by Gasteiger charge is 2.38. The molecular weight excluding hydrogens is 476 g/mol. The molecule has 0 radical (unpaired) electrons. The van der Waals surface area contributed by atoms with Crippen molar-refractivity contribution in [3.05, 3.63) is 35.9 Å². The second-order valence-electron chi connectivity index (χ2n) is 9.52. The number of carboxylic acid groups (broad SMARTS) is 1. The quantitative estimate of drug-likeness (QED) is 0.163. The number of amides is 3. The summed E-state index contributed by atoms with van der Waals surface area (Å²) >= 11 is 0. The van der Waals surface area contributed by atoms with Crippen molar-refractivity contribution >= 4 is 23.7 Å². The molecule has 4 atom stereocenters. The smallest absolute Gasteiger partial charge is 0.326 e. The largest absolute Gasteiger partial charge is 0.480 e. The van der Waals surface area contributed by atoms with Crippen molar-refractivity contribution in [2.24, 2.45) is 17.2 Å². The first-order chi connectivity index (χ1) is 17.8. The Morgan fingerprint density at radius 3 is 2.16 bits per heavy atom. The summed E-state index contributed by atoms with van der Waals surface area (Å²) in [4.78, 5) is 52.6. The van der Waals surface area contributed by atoms with Gasteiger partial charge in [0.2, 0.25) is 17.7 Å². The fourth-order valence-electron chi connectivity index (χ4n) is 4.49. The van der Waals surface area contributed by atoms with Crippen molar-refractivity contribution in [3.8, 4) is 0 Å². The molecule has 3 amide bonds. The normalized spacial score (nSPS) is 17.6. The van der Waals surface area contributed by atoms with Gasteiger partial charge in [-0.1, -0.05) is 36.8 Å². The highest BCUT2D eigenvalue weighted by Crippen LogP contribution is 2.20. The highest BCUT2D eigenvalue weighted by atomic mass is 16.4. The molecule has 1 saturated heterocycles. The summed E-state index contributed by atoms with van der Waals surface area (Å²) in [6, 6.07) is 5.60. The van der Waals surface area contributed by atoms with Gasteiger partial charge in [-0.25, -0.2) is 4.79 Å². The van der Waals surface area contributed by atoms with Gasteiger partial charge in [-0.05, 0) is 63.6 Å². The van der Waals surface area contributed by atoms with Gasteiger partial charge in [0.15, 0.2) is 0 Å². The molecule has 0 bridgehead atoms. The van der Waals surface area contributed by atoms with E-state index in [0.717, 1.165) is 12.0 Å². The summed E-state index contributed by atoms with van der Waals surface area (Å²) in [5.41, 5.74) is 17.9. The first kappa shape index (κ1) is 30.2. The van der Waals surface area contributed by atoms with E-state index in [1.165, 1.54) is 4.90 Å². The average molecular weight is 519 g/mol. The van der Waals surface area contributed by atoms with E-state index < -0.39 is 47.9 Å². The monoisotopic (exact) mass is 518 g/mol. The Labute approximate surface area is 218 Å². The van der Waals surface area contributed by atoms with Crippen LogP contribution in [0.3, 0.4) is 0 Å². The van der Waals surface area contributed by atoms with Gasteiger partial charge in [-0.15, -0.1) is 0 Å². The fourth-order valence-corrected chi connectivity index (χ4v) is 4.49. The minimum absolute atomic E-state index is 0.191. The van der Waals surface area contributed by atoms with Crippen LogP contribution in [0.15, 0.2) is 30.3 Å². The van der Waals surface area contributed by atoms with E-state index in [4.69, 9.17) is 17.2 Å². The van der Waals surface area contributed by atoms with Gasteiger partial charge in [-0.2, -0.15) is 0 Å². The number of nitrogens with two attached hydrogens (primary N) is 3. The van der Waals surface area contributed by atoms with Crippen LogP contribution in [0.5, 0.6) is 0 Å². The number of nitrogens with one attached hydrogen (secondary N) is 2. The van der Waals surface area contributed by atoms with Gasteiger partial charge in [0.05, 0.1) is 6.04 Å². The SMILES string of the molecule is NCCCCC(N)C(=O)NC(CCCCN)C(=O)NC(Cc1ccccc1)C(=O)N1CCCC1C(=O)O. The minimum Gasteiger partial charge on any atom is -0.480 e. The number of carboxylic acids is 1. The Kier molecular flexibility index (Phi) is 13.0.